The number of hydrogen-bond acceptors (Lipinski definition) is 5. The molecule has 5 heteroatoms. The molecule has 0 rings (SSSR count). The fraction of sp³-hybridized carbons (Fsp3) is 0.950. The molecule has 0 aliphatic heterocycles. The van der Waals surface area contributed by atoms with Crippen molar-refractivity contribution in [1.82, 2.24) is 0 Å². The Balaban J connectivity index is 3.34. The highest BCUT2D eigenvalue weighted by molar-refractivity contribution is 5.70. The van der Waals surface area contributed by atoms with Crippen LogP contribution in [0, 0.1) is 0 Å². The zero-order valence-corrected chi connectivity index (χ0v) is 30.4. The number of ether oxygens (including phenoxy) is 2. The maximum absolute atomic E-state index is 12.1. The van der Waals surface area contributed by atoms with E-state index in [0.29, 0.717) is 12.8 Å². The monoisotopic (exact) mass is 639 g/mol. The molecule has 0 fully saturated rings. The number of unbranched alkanes of at least 4 members (excludes halogenated alkanes) is 29. The minimum Gasteiger partial charge on any atom is -0.462 e. The Labute approximate surface area is 280 Å². The van der Waals surface area contributed by atoms with Crippen molar-refractivity contribution in [2.75, 3.05) is 13.2 Å². The van der Waals surface area contributed by atoms with Gasteiger partial charge >= 0.3 is 11.9 Å². The van der Waals surface area contributed by atoms with Gasteiger partial charge < -0.3 is 14.6 Å². The van der Waals surface area contributed by atoms with Gasteiger partial charge in [-0.3, -0.25) is 9.59 Å². The minimum absolute atomic E-state index is 0.0600. The Bertz CT molecular complexity index is 607. The third kappa shape index (κ3) is 35.6. The molecule has 0 aromatic rings. The molecular weight excluding hydrogens is 560 g/mol. The summed E-state index contributed by atoms with van der Waals surface area (Å²) in [5.41, 5.74) is 0. The average molecular weight is 639 g/mol. The van der Waals surface area contributed by atoms with Crippen molar-refractivity contribution in [3.8, 4) is 0 Å². The van der Waals surface area contributed by atoms with E-state index in [1.807, 2.05) is 0 Å². The number of rotatable bonds is 37. The van der Waals surface area contributed by atoms with E-state index in [4.69, 9.17) is 9.47 Å². The Kier molecular flexibility index (Phi) is 36.4. The summed E-state index contributed by atoms with van der Waals surface area (Å²) in [5.74, 6) is -0.592. The first-order valence-corrected chi connectivity index (χ1v) is 20.1. The van der Waals surface area contributed by atoms with Crippen molar-refractivity contribution in [2.45, 2.75) is 232 Å². The fourth-order valence-electron chi connectivity index (χ4n) is 6.08. The summed E-state index contributed by atoms with van der Waals surface area (Å²) in [5, 5.41) is 9.46. The summed E-state index contributed by atoms with van der Waals surface area (Å²) in [4.78, 5) is 23.9. The second kappa shape index (κ2) is 37.4. The van der Waals surface area contributed by atoms with Gasteiger partial charge in [-0.25, -0.2) is 0 Å². The topological polar surface area (TPSA) is 72.8 Å². The van der Waals surface area contributed by atoms with Gasteiger partial charge in [-0.05, 0) is 12.8 Å². The molecule has 0 heterocycles. The summed E-state index contributed by atoms with van der Waals surface area (Å²) >= 11 is 0. The van der Waals surface area contributed by atoms with Crippen LogP contribution in [0.25, 0.3) is 0 Å². The molecule has 268 valence electrons. The summed E-state index contributed by atoms with van der Waals surface area (Å²) < 4.78 is 10.5. The molecule has 0 aromatic heterocycles. The van der Waals surface area contributed by atoms with Crippen LogP contribution in [0.5, 0.6) is 0 Å². The second-order valence-electron chi connectivity index (χ2n) is 13.7. The lowest BCUT2D eigenvalue weighted by Crippen LogP contribution is -2.28. The standard InChI is InChI=1S/C40H78O5/c1-3-5-7-9-10-11-12-13-14-15-16-17-18-19-20-21-22-23-24-25-26-27-28-29-31-33-35-40(43)45-38(36-41)37-44-39(42)34-32-30-8-6-4-2/h38,41H,3-37H2,1-2H3. The quantitative estimate of drug-likeness (QED) is 0.0541. The number of hydrogen-bond donors (Lipinski definition) is 1. The van der Waals surface area contributed by atoms with Crippen LogP contribution in [-0.2, 0) is 19.1 Å². The SMILES string of the molecule is CCCCCCCCCCCCCCCCCCCCCCCCCCCCC(=O)OC(CO)COC(=O)CCCCCCC. The highest BCUT2D eigenvalue weighted by Crippen LogP contribution is 2.16. The number of aliphatic hydroxyl groups excluding tert-OH is 1. The zero-order valence-electron chi connectivity index (χ0n) is 30.4. The molecule has 0 aromatic carbocycles. The molecule has 1 atom stereocenters. The Hall–Kier alpha value is -1.10. The Morgan fingerprint density at radius 3 is 0.978 bits per heavy atom. The Morgan fingerprint density at radius 1 is 0.422 bits per heavy atom. The lowest BCUT2D eigenvalue weighted by Gasteiger charge is -2.15. The van der Waals surface area contributed by atoms with E-state index in [2.05, 4.69) is 13.8 Å². The van der Waals surface area contributed by atoms with E-state index >= 15 is 0 Å². The van der Waals surface area contributed by atoms with Crippen molar-refractivity contribution in [1.29, 1.82) is 0 Å². The molecule has 45 heavy (non-hydrogen) atoms. The van der Waals surface area contributed by atoms with E-state index in [0.717, 1.165) is 38.5 Å². The summed E-state index contributed by atoms with van der Waals surface area (Å²) in [7, 11) is 0. The normalized spacial score (nSPS) is 12.0. The average Bonchev–Trinajstić information content (AvgIpc) is 3.04. The van der Waals surface area contributed by atoms with Crippen molar-refractivity contribution >= 4 is 11.9 Å². The number of carbonyl (C=O) groups is 2. The minimum atomic E-state index is -0.759. The predicted molar refractivity (Wildman–Crippen MR) is 192 cm³/mol. The number of aliphatic hydroxyl groups is 1. The molecule has 0 saturated carbocycles. The van der Waals surface area contributed by atoms with Gasteiger partial charge in [-0.15, -0.1) is 0 Å². The molecule has 1 N–H and O–H groups in total. The number of carbonyl (C=O) groups excluding carboxylic acids is 2. The lowest BCUT2D eigenvalue weighted by atomic mass is 10.0. The van der Waals surface area contributed by atoms with E-state index < -0.39 is 6.10 Å². The fourth-order valence-corrected chi connectivity index (χ4v) is 6.08. The number of esters is 2. The molecule has 0 spiro atoms. The van der Waals surface area contributed by atoms with Crippen LogP contribution in [0.3, 0.4) is 0 Å². The first kappa shape index (κ1) is 43.9. The smallest absolute Gasteiger partial charge is 0.306 e. The van der Waals surface area contributed by atoms with E-state index in [-0.39, 0.29) is 25.2 Å². The summed E-state index contributed by atoms with van der Waals surface area (Å²) in [6, 6.07) is 0. The van der Waals surface area contributed by atoms with Crippen molar-refractivity contribution in [2.24, 2.45) is 0 Å². The largest absolute Gasteiger partial charge is 0.462 e. The van der Waals surface area contributed by atoms with Gasteiger partial charge in [0.2, 0.25) is 0 Å². The van der Waals surface area contributed by atoms with Crippen LogP contribution < -0.4 is 0 Å². The van der Waals surface area contributed by atoms with Gasteiger partial charge in [0.05, 0.1) is 6.61 Å². The van der Waals surface area contributed by atoms with Gasteiger partial charge in [0.25, 0.3) is 0 Å². The highest BCUT2D eigenvalue weighted by atomic mass is 16.6. The van der Waals surface area contributed by atoms with E-state index in [1.54, 1.807) is 0 Å². The van der Waals surface area contributed by atoms with Crippen LogP contribution >= 0.6 is 0 Å². The molecule has 5 nitrogen and oxygen atoms in total. The lowest BCUT2D eigenvalue weighted by molar-refractivity contribution is -0.161. The molecule has 0 aliphatic carbocycles. The first-order valence-electron chi connectivity index (χ1n) is 20.1. The second-order valence-corrected chi connectivity index (χ2v) is 13.7. The summed E-state index contributed by atoms with van der Waals surface area (Å²) in [6.07, 6.45) is 40.8. The van der Waals surface area contributed by atoms with Crippen molar-refractivity contribution in [3.63, 3.8) is 0 Å². The Morgan fingerprint density at radius 2 is 0.689 bits per heavy atom. The van der Waals surface area contributed by atoms with Gasteiger partial charge in [-0.2, -0.15) is 0 Å². The first-order chi connectivity index (χ1) is 22.1. The predicted octanol–water partition coefficient (Wildman–Crippen LogP) is 12.3. The third-order valence-corrected chi connectivity index (χ3v) is 9.15. The summed E-state index contributed by atoms with van der Waals surface area (Å²) in [6.45, 7) is 4.07. The van der Waals surface area contributed by atoms with Crippen molar-refractivity contribution < 1.29 is 24.2 Å². The van der Waals surface area contributed by atoms with E-state index in [9.17, 15) is 14.7 Å². The molecule has 0 aliphatic rings. The van der Waals surface area contributed by atoms with Crippen molar-refractivity contribution in [3.05, 3.63) is 0 Å². The van der Waals surface area contributed by atoms with Crippen LogP contribution in [0.4, 0.5) is 0 Å². The van der Waals surface area contributed by atoms with Crippen LogP contribution in [0.1, 0.15) is 226 Å². The maximum Gasteiger partial charge on any atom is 0.306 e. The van der Waals surface area contributed by atoms with Crippen LogP contribution in [0.2, 0.25) is 0 Å². The molecule has 0 radical (unpaired) electrons. The van der Waals surface area contributed by atoms with Gasteiger partial charge in [-0.1, -0.05) is 200 Å². The molecule has 1 unspecified atom stereocenters. The van der Waals surface area contributed by atoms with Gasteiger partial charge in [0, 0.05) is 12.8 Å². The molecule has 0 amide bonds. The molecule has 0 bridgehead atoms. The third-order valence-electron chi connectivity index (χ3n) is 9.15. The van der Waals surface area contributed by atoms with E-state index in [1.165, 1.54) is 161 Å². The van der Waals surface area contributed by atoms with Gasteiger partial charge in [0.15, 0.2) is 6.10 Å². The molecular formula is C40H78O5. The van der Waals surface area contributed by atoms with Gasteiger partial charge in [0.1, 0.15) is 6.61 Å². The maximum atomic E-state index is 12.1. The van der Waals surface area contributed by atoms with Crippen LogP contribution in [-0.4, -0.2) is 36.4 Å². The molecule has 0 saturated heterocycles. The van der Waals surface area contributed by atoms with Crippen LogP contribution in [0.15, 0.2) is 0 Å². The zero-order chi connectivity index (χ0) is 32.9. The highest BCUT2D eigenvalue weighted by Gasteiger charge is 2.16.